The number of nitriles is 1. The number of fused-ring (bicyclic) bond motifs is 1. The quantitative estimate of drug-likeness (QED) is 0.860. The average molecular weight is 278 g/mol. The van der Waals surface area contributed by atoms with Crippen LogP contribution in [-0.2, 0) is 22.4 Å². The minimum atomic E-state index is -0.229. The second-order valence-electron chi connectivity index (χ2n) is 4.83. The Morgan fingerprint density at radius 3 is 2.95 bits per heavy atom. The van der Waals surface area contributed by atoms with Crippen LogP contribution in [-0.4, -0.2) is 19.6 Å². The highest BCUT2D eigenvalue weighted by Gasteiger charge is 2.21. The van der Waals surface area contributed by atoms with Crippen LogP contribution < -0.4 is 5.32 Å². The lowest BCUT2D eigenvalue weighted by atomic mass is 9.96. The van der Waals surface area contributed by atoms with E-state index in [0.29, 0.717) is 6.54 Å². The third kappa shape index (κ3) is 2.90. The number of carbonyl (C=O) groups is 1. The molecule has 2 rings (SSSR count). The van der Waals surface area contributed by atoms with Crippen molar-refractivity contribution < 1.29 is 9.53 Å². The van der Waals surface area contributed by atoms with Crippen LogP contribution in [0.3, 0.4) is 0 Å². The van der Waals surface area contributed by atoms with Gasteiger partial charge in [-0.25, -0.2) is 0 Å². The summed E-state index contributed by atoms with van der Waals surface area (Å²) in [4.78, 5) is 12.7. The largest absolute Gasteiger partial charge is 0.469 e. The van der Waals surface area contributed by atoms with Crippen LogP contribution in [0.15, 0.2) is 0 Å². The van der Waals surface area contributed by atoms with Crippen molar-refractivity contribution in [1.29, 1.82) is 5.26 Å². The zero-order valence-electron chi connectivity index (χ0n) is 11.3. The number of thiophene rings is 1. The van der Waals surface area contributed by atoms with Crippen LogP contribution >= 0.6 is 11.3 Å². The van der Waals surface area contributed by atoms with Crippen molar-refractivity contribution in [1.82, 2.24) is 0 Å². The Bertz CT molecular complexity index is 516. The molecule has 19 heavy (non-hydrogen) atoms. The van der Waals surface area contributed by atoms with Crippen molar-refractivity contribution in [3.8, 4) is 6.07 Å². The molecule has 0 aliphatic heterocycles. The molecular formula is C14H18N2O2S. The molecule has 0 amide bonds. The smallest absolute Gasteiger partial charge is 0.310 e. The molecule has 0 saturated carbocycles. The third-order valence-corrected chi connectivity index (χ3v) is 4.70. The fourth-order valence-corrected chi connectivity index (χ4v) is 3.59. The van der Waals surface area contributed by atoms with Gasteiger partial charge in [-0.05, 0) is 31.2 Å². The fourth-order valence-electron chi connectivity index (χ4n) is 2.34. The molecule has 4 nitrogen and oxygen atoms in total. The first-order valence-electron chi connectivity index (χ1n) is 6.53. The van der Waals surface area contributed by atoms with Crippen molar-refractivity contribution >= 4 is 22.3 Å². The van der Waals surface area contributed by atoms with Crippen molar-refractivity contribution in [2.24, 2.45) is 5.92 Å². The summed E-state index contributed by atoms with van der Waals surface area (Å²) in [7, 11) is 1.39. The Kier molecular flexibility index (Phi) is 4.43. The molecule has 1 N–H and O–H groups in total. The van der Waals surface area contributed by atoms with E-state index in [1.165, 1.54) is 24.0 Å². The number of carbonyl (C=O) groups excluding carboxylic acids is 1. The summed E-state index contributed by atoms with van der Waals surface area (Å²) in [6.45, 7) is 2.32. The molecule has 1 aliphatic carbocycles. The van der Waals surface area contributed by atoms with Crippen LogP contribution in [0.4, 0.5) is 5.00 Å². The van der Waals surface area contributed by atoms with Gasteiger partial charge in [-0.15, -0.1) is 11.3 Å². The van der Waals surface area contributed by atoms with E-state index in [-0.39, 0.29) is 11.9 Å². The predicted molar refractivity (Wildman–Crippen MR) is 75.3 cm³/mol. The van der Waals surface area contributed by atoms with E-state index in [9.17, 15) is 10.1 Å². The molecule has 0 radical (unpaired) electrons. The molecule has 5 heteroatoms. The first kappa shape index (κ1) is 13.9. The molecular weight excluding hydrogens is 260 g/mol. The first-order valence-corrected chi connectivity index (χ1v) is 7.35. The maximum absolute atomic E-state index is 11.4. The number of methoxy groups -OCH3 is 1. The number of hydrogen-bond donors (Lipinski definition) is 1. The molecule has 102 valence electrons. The monoisotopic (exact) mass is 278 g/mol. The lowest BCUT2D eigenvalue weighted by Gasteiger charge is -2.10. The van der Waals surface area contributed by atoms with Crippen LogP contribution in [0, 0.1) is 17.2 Å². The van der Waals surface area contributed by atoms with Gasteiger partial charge in [0.1, 0.15) is 11.1 Å². The Labute approximate surface area is 117 Å². The number of anilines is 1. The van der Waals surface area contributed by atoms with Gasteiger partial charge in [0, 0.05) is 11.4 Å². The van der Waals surface area contributed by atoms with Crippen molar-refractivity contribution in [2.75, 3.05) is 19.0 Å². The Morgan fingerprint density at radius 2 is 2.26 bits per heavy atom. The molecule has 0 fully saturated rings. The molecule has 0 bridgehead atoms. The van der Waals surface area contributed by atoms with Gasteiger partial charge in [0.15, 0.2) is 0 Å². The molecule has 1 unspecified atom stereocenters. The predicted octanol–water partition coefficient (Wildman–Crippen LogP) is 2.72. The van der Waals surface area contributed by atoms with Crippen molar-refractivity contribution in [3.05, 3.63) is 16.0 Å². The van der Waals surface area contributed by atoms with Gasteiger partial charge in [0.25, 0.3) is 0 Å². The van der Waals surface area contributed by atoms with Gasteiger partial charge in [-0.2, -0.15) is 5.26 Å². The number of ether oxygens (including phenoxy) is 1. The Morgan fingerprint density at radius 1 is 1.53 bits per heavy atom. The number of nitrogens with zero attached hydrogens (tertiary/aromatic N) is 1. The van der Waals surface area contributed by atoms with Crippen LogP contribution in [0.25, 0.3) is 0 Å². The minimum absolute atomic E-state index is 0.212. The summed E-state index contributed by atoms with van der Waals surface area (Å²) in [5.74, 6) is -0.442. The van der Waals surface area contributed by atoms with Crippen LogP contribution in [0.1, 0.15) is 35.8 Å². The normalized spacial score (nSPS) is 15.2. The fraction of sp³-hybridized carbons (Fsp3) is 0.571. The van der Waals surface area contributed by atoms with E-state index < -0.39 is 0 Å². The van der Waals surface area contributed by atoms with Gasteiger partial charge in [0.2, 0.25) is 0 Å². The highest BCUT2D eigenvalue weighted by Crippen LogP contribution is 2.37. The number of aryl methyl sites for hydroxylation is 1. The number of nitrogens with one attached hydrogen (secondary N) is 1. The molecule has 1 aliphatic rings. The molecule has 1 atom stereocenters. The number of rotatable bonds is 4. The zero-order valence-corrected chi connectivity index (χ0v) is 12.1. The topological polar surface area (TPSA) is 62.1 Å². The standard InChI is InChI=1S/C14H18N2O2S/c1-9(14(17)18-2)8-16-13-11(7-15)10-5-3-4-6-12(10)19-13/h9,16H,3-6,8H2,1-2H3. The van der Waals surface area contributed by atoms with Gasteiger partial charge >= 0.3 is 5.97 Å². The SMILES string of the molecule is COC(=O)C(C)CNc1sc2c(c1C#N)CCCC2. The maximum Gasteiger partial charge on any atom is 0.310 e. The highest BCUT2D eigenvalue weighted by molar-refractivity contribution is 7.16. The molecule has 1 heterocycles. The molecule has 1 aromatic heterocycles. The zero-order chi connectivity index (χ0) is 13.8. The van der Waals surface area contributed by atoms with Gasteiger partial charge in [-0.1, -0.05) is 6.92 Å². The van der Waals surface area contributed by atoms with E-state index in [1.807, 2.05) is 6.92 Å². The minimum Gasteiger partial charge on any atom is -0.469 e. The van der Waals surface area contributed by atoms with Gasteiger partial charge in [-0.3, -0.25) is 4.79 Å². The Hall–Kier alpha value is -1.54. The first-order chi connectivity index (χ1) is 9.17. The second kappa shape index (κ2) is 6.07. The molecule has 1 aromatic rings. The Balaban J connectivity index is 2.11. The summed E-state index contributed by atoms with van der Waals surface area (Å²) >= 11 is 1.66. The number of hydrogen-bond acceptors (Lipinski definition) is 5. The van der Waals surface area contributed by atoms with E-state index in [1.54, 1.807) is 11.3 Å². The highest BCUT2D eigenvalue weighted by atomic mass is 32.1. The lowest BCUT2D eigenvalue weighted by Crippen LogP contribution is -2.21. The second-order valence-corrected chi connectivity index (χ2v) is 5.94. The maximum atomic E-state index is 11.4. The van der Waals surface area contributed by atoms with E-state index in [0.717, 1.165) is 29.8 Å². The van der Waals surface area contributed by atoms with Crippen molar-refractivity contribution in [2.45, 2.75) is 32.6 Å². The van der Waals surface area contributed by atoms with Crippen molar-refractivity contribution in [3.63, 3.8) is 0 Å². The summed E-state index contributed by atoms with van der Waals surface area (Å²) in [5.41, 5.74) is 1.99. The van der Waals surface area contributed by atoms with Crippen LogP contribution in [0.2, 0.25) is 0 Å². The summed E-state index contributed by atoms with van der Waals surface area (Å²) in [6.07, 6.45) is 4.44. The third-order valence-electron chi connectivity index (χ3n) is 3.46. The van der Waals surface area contributed by atoms with Gasteiger partial charge < -0.3 is 10.1 Å². The average Bonchev–Trinajstić information content (AvgIpc) is 2.81. The number of esters is 1. The van der Waals surface area contributed by atoms with E-state index in [2.05, 4.69) is 11.4 Å². The van der Waals surface area contributed by atoms with Gasteiger partial charge in [0.05, 0.1) is 18.6 Å². The van der Waals surface area contributed by atoms with E-state index >= 15 is 0 Å². The molecule has 0 saturated heterocycles. The summed E-state index contributed by atoms with van der Waals surface area (Å²) in [6, 6.07) is 2.30. The lowest BCUT2D eigenvalue weighted by molar-refractivity contribution is -0.144. The molecule has 0 aromatic carbocycles. The van der Waals surface area contributed by atoms with Crippen LogP contribution in [0.5, 0.6) is 0 Å². The summed E-state index contributed by atoms with van der Waals surface area (Å²) < 4.78 is 4.70. The summed E-state index contributed by atoms with van der Waals surface area (Å²) in [5, 5.41) is 13.4. The molecule has 0 spiro atoms. The van der Waals surface area contributed by atoms with E-state index in [4.69, 9.17) is 4.74 Å².